The van der Waals surface area contributed by atoms with Crippen molar-refractivity contribution < 1.29 is 9.90 Å². The van der Waals surface area contributed by atoms with Crippen LogP contribution >= 0.6 is 15.9 Å². The van der Waals surface area contributed by atoms with Gasteiger partial charge in [-0.1, -0.05) is 29.8 Å². The van der Waals surface area contributed by atoms with Gasteiger partial charge in [0.05, 0.1) is 6.10 Å². The zero-order valence-corrected chi connectivity index (χ0v) is 11.9. The fourth-order valence-electron chi connectivity index (χ4n) is 1.40. The molecule has 0 saturated carbocycles. The molecular weight excluding hydrogens is 282 g/mol. The van der Waals surface area contributed by atoms with Gasteiger partial charge in [0.15, 0.2) is 0 Å². The highest BCUT2D eigenvalue weighted by atomic mass is 79.9. The maximum Gasteiger partial charge on any atom is 0.251 e. The Labute approximate surface area is 110 Å². The second-order valence-corrected chi connectivity index (χ2v) is 5.45. The van der Waals surface area contributed by atoms with Gasteiger partial charge in [0.2, 0.25) is 0 Å². The molecule has 0 aliphatic rings. The van der Waals surface area contributed by atoms with E-state index in [1.165, 1.54) is 0 Å². The number of aliphatic hydroxyl groups is 1. The fraction of sp³-hybridized carbons (Fsp3) is 0.462. The van der Waals surface area contributed by atoms with E-state index in [0.29, 0.717) is 5.56 Å². The van der Waals surface area contributed by atoms with Gasteiger partial charge >= 0.3 is 0 Å². The Hall–Kier alpha value is -0.870. The van der Waals surface area contributed by atoms with E-state index >= 15 is 0 Å². The lowest BCUT2D eigenvalue weighted by Gasteiger charge is -2.15. The second-order valence-electron chi connectivity index (χ2n) is 4.54. The quantitative estimate of drug-likeness (QED) is 0.897. The number of amides is 1. The highest BCUT2D eigenvalue weighted by Crippen LogP contribution is 2.15. The van der Waals surface area contributed by atoms with E-state index in [-0.39, 0.29) is 18.4 Å². The van der Waals surface area contributed by atoms with Crippen LogP contribution in [0.4, 0.5) is 0 Å². The van der Waals surface area contributed by atoms with Crippen molar-refractivity contribution in [1.29, 1.82) is 0 Å². The van der Waals surface area contributed by atoms with Crippen LogP contribution in [0.15, 0.2) is 22.7 Å². The number of rotatable bonds is 4. The Kier molecular flexibility index (Phi) is 5.15. The van der Waals surface area contributed by atoms with Crippen molar-refractivity contribution in [1.82, 2.24) is 5.32 Å². The number of nitrogens with one attached hydrogen (secondary N) is 1. The van der Waals surface area contributed by atoms with Crippen LogP contribution in [0.3, 0.4) is 0 Å². The van der Waals surface area contributed by atoms with E-state index in [4.69, 9.17) is 0 Å². The molecule has 0 bridgehead atoms. The lowest BCUT2D eigenvalue weighted by Crippen LogP contribution is -2.34. The van der Waals surface area contributed by atoms with E-state index in [1.807, 2.05) is 32.9 Å². The third-order valence-electron chi connectivity index (χ3n) is 2.55. The van der Waals surface area contributed by atoms with Crippen molar-refractivity contribution in [2.45, 2.75) is 26.9 Å². The summed E-state index contributed by atoms with van der Waals surface area (Å²) in [7, 11) is 0. The van der Waals surface area contributed by atoms with E-state index in [9.17, 15) is 9.90 Å². The summed E-state index contributed by atoms with van der Waals surface area (Å²) >= 11 is 3.36. The number of halogens is 1. The Morgan fingerprint density at radius 1 is 1.41 bits per heavy atom. The predicted molar refractivity (Wildman–Crippen MR) is 72.1 cm³/mol. The van der Waals surface area contributed by atoms with Crippen LogP contribution in [0, 0.1) is 12.8 Å². The molecule has 2 N–H and O–H groups in total. The zero-order valence-electron chi connectivity index (χ0n) is 10.3. The Morgan fingerprint density at radius 3 is 2.59 bits per heavy atom. The molecule has 1 aromatic rings. The summed E-state index contributed by atoms with van der Waals surface area (Å²) in [6.45, 7) is 6.05. The van der Waals surface area contributed by atoms with E-state index in [2.05, 4.69) is 21.2 Å². The minimum Gasteiger partial charge on any atom is -0.391 e. The molecule has 1 atom stereocenters. The van der Waals surface area contributed by atoms with Gasteiger partial charge in [0.25, 0.3) is 5.91 Å². The minimum absolute atomic E-state index is 0.138. The third kappa shape index (κ3) is 4.48. The number of carbonyl (C=O) groups is 1. The highest BCUT2D eigenvalue weighted by molar-refractivity contribution is 9.10. The second kappa shape index (κ2) is 6.17. The summed E-state index contributed by atoms with van der Waals surface area (Å²) in [4.78, 5) is 11.8. The van der Waals surface area contributed by atoms with Crippen molar-refractivity contribution in [3.05, 3.63) is 33.8 Å². The van der Waals surface area contributed by atoms with Gasteiger partial charge in [-0.15, -0.1) is 0 Å². The first-order valence-electron chi connectivity index (χ1n) is 5.63. The number of aliphatic hydroxyl groups excluding tert-OH is 1. The molecule has 1 rings (SSSR count). The summed E-state index contributed by atoms with van der Waals surface area (Å²) in [5.41, 5.74) is 1.63. The Bertz CT molecular complexity index is 384. The summed E-state index contributed by atoms with van der Waals surface area (Å²) in [5, 5.41) is 12.3. The van der Waals surface area contributed by atoms with E-state index < -0.39 is 6.10 Å². The van der Waals surface area contributed by atoms with Crippen molar-refractivity contribution in [3.8, 4) is 0 Å². The molecule has 0 fully saturated rings. The van der Waals surface area contributed by atoms with Crippen molar-refractivity contribution in [2.75, 3.05) is 6.54 Å². The third-order valence-corrected chi connectivity index (χ3v) is 3.00. The van der Waals surface area contributed by atoms with Gasteiger partial charge in [-0.2, -0.15) is 0 Å². The molecule has 0 heterocycles. The van der Waals surface area contributed by atoms with Crippen molar-refractivity contribution in [2.24, 2.45) is 5.92 Å². The molecule has 0 spiro atoms. The standard InChI is InChI=1S/C13H18BrNO2/c1-8(2)12(16)7-15-13(17)10-4-9(3)5-11(14)6-10/h4-6,8,12,16H,7H2,1-3H3,(H,15,17). The molecule has 0 aliphatic carbocycles. The van der Waals surface area contributed by atoms with Crippen molar-refractivity contribution >= 4 is 21.8 Å². The Balaban J connectivity index is 2.64. The van der Waals surface area contributed by atoms with Crippen LogP contribution in [0.5, 0.6) is 0 Å². The molecule has 94 valence electrons. The van der Waals surface area contributed by atoms with Crippen molar-refractivity contribution in [3.63, 3.8) is 0 Å². The lowest BCUT2D eigenvalue weighted by molar-refractivity contribution is 0.0871. The molecule has 1 amide bonds. The molecule has 0 aromatic heterocycles. The summed E-state index contributed by atoms with van der Waals surface area (Å²) < 4.78 is 0.882. The SMILES string of the molecule is Cc1cc(Br)cc(C(=O)NCC(O)C(C)C)c1. The first-order chi connectivity index (χ1) is 7.90. The molecule has 0 aliphatic heterocycles. The maximum atomic E-state index is 11.8. The maximum absolute atomic E-state index is 11.8. The molecular formula is C13H18BrNO2. The Morgan fingerprint density at radius 2 is 2.06 bits per heavy atom. The smallest absolute Gasteiger partial charge is 0.251 e. The molecule has 0 saturated heterocycles. The number of benzene rings is 1. The van der Waals surface area contributed by atoms with E-state index in [1.54, 1.807) is 6.07 Å². The average Bonchev–Trinajstić information content (AvgIpc) is 2.23. The van der Waals surface area contributed by atoms with Gasteiger partial charge in [0, 0.05) is 16.6 Å². The van der Waals surface area contributed by atoms with E-state index in [0.717, 1.165) is 10.0 Å². The number of aryl methyl sites for hydroxylation is 1. The first-order valence-corrected chi connectivity index (χ1v) is 6.43. The topological polar surface area (TPSA) is 49.3 Å². The predicted octanol–water partition coefficient (Wildman–Crippen LogP) is 2.50. The van der Waals surface area contributed by atoms with Gasteiger partial charge in [-0.25, -0.2) is 0 Å². The van der Waals surface area contributed by atoms with Crippen LogP contribution < -0.4 is 5.32 Å². The number of hydrogen-bond acceptors (Lipinski definition) is 2. The molecule has 4 heteroatoms. The van der Waals surface area contributed by atoms with Crippen LogP contribution in [0.1, 0.15) is 29.8 Å². The normalized spacial score (nSPS) is 12.6. The van der Waals surface area contributed by atoms with Crippen LogP contribution in [0.25, 0.3) is 0 Å². The minimum atomic E-state index is -0.507. The van der Waals surface area contributed by atoms with Crippen LogP contribution in [-0.2, 0) is 0 Å². The average molecular weight is 300 g/mol. The van der Waals surface area contributed by atoms with Gasteiger partial charge in [0.1, 0.15) is 0 Å². The molecule has 0 radical (unpaired) electrons. The highest BCUT2D eigenvalue weighted by Gasteiger charge is 2.12. The number of hydrogen-bond donors (Lipinski definition) is 2. The molecule has 1 unspecified atom stereocenters. The van der Waals surface area contributed by atoms with Crippen LogP contribution in [-0.4, -0.2) is 23.7 Å². The van der Waals surface area contributed by atoms with Gasteiger partial charge in [-0.3, -0.25) is 4.79 Å². The van der Waals surface area contributed by atoms with Crippen LogP contribution in [0.2, 0.25) is 0 Å². The van der Waals surface area contributed by atoms with Gasteiger partial charge in [-0.05, 0) is 36.6 Å². The summed E-state index contributed by atoms with van der Waals surface area (Å²) in [6, 6.07) is 5.53. The largest absolute Gasteiger partial charge is 0.391 e. The molecule has 1 aromatic carbocycles. The molecule has 3 nitrogen and oxygen atoms in total. The summed E-state index contributed by atoms with van der Waals surface area (Å²) in [6.07, 6.45) is -0.507. The monoisotopic (exact) mass is 299 g/mol. The number of carbonyl (C=O) groups excluding carboxylic acids is 1. The summed E-state index contributed by atoms with van der Waals surface area (Å²) in [5.74, 6) is -0.0198. The first kappa shape index (κ1) is 14.2. The molecule has 17 heavy (non-hydrogen) atoms. The lowest BCUT2D eigenvalue weighted by atomic mass is 10.1. The zero-order chi connectivity index (χ0) is 13.0. The fourth-order valence-corrected chi connectivity index (χ4v) is 2.01. The van der Waals surface area contributed by atoms with Gasteiger partial charge < -0.3 is 10.4 Å².